The first kappa shape index (κ1) is 15.6. The molecule has 2 N–H and O–H groups in total. The normalized spacial score (nSPS) is 21.0. The van der Waals surface area contributed by atoms with Gasteiger partial charge in [-0.15, -0.1) is 0 Å². The maximum Gasteiger partial charge on any atom is 0.414 e. The van der Waals surface area contributed by atoms with Crippen LogP contribution in [0.25, 0.3) is 5.57 Å². The average molecular weight is 316 g/mol. The summed E-state index contributed by atoms with van der Waals surface area (Å²) in [4.78, 5) is 24.4. The molecule has 1 saturated heterocycles. The van der Waals surface area contributed by atoms with Crippen molar-refractivity contribution in [1.29, 1.82) is 0 Å². The number of carbonyl (C=O) groups excluding carboxylic acids is 2. The van der Waals surface area contributed by atoms with Gasteiger partial charge in [0.1, 0.15) is 6.10 Å². The third kappa shape index (κ3) is 3.71. The second-order valence-electron chi connectivity index (χ2n) is 5.72. The lowest BCUT2D eigenvalue weighted by atomic mass is 10.0. The highest BCUT2D eigenvalue weighted by Gasteiger charge is 2.32. The van der Waals surface area contributed by atoms with E-state index < -0.39 is 0 Å². The topological polar surface area (TPSA) is 81.9 Å². The molecule has 2 aliphatic rings. The molecule has 0 bridgehead atoms. The van der Waals surface area contributed by atoms with Crippen LogP contribution < -0.4 is 10.6 Å². The summed E-state index contributed by atoms with van der Waals surface area (Å²) in [6, 6.07) is 7.86. The van der Waals surface area contributed by atoms with Crippen LogP contribution in [0.15, 0.2) is 30.3 Å². The Morgan fingerprint density at radius 1 is 1.30 bits per heavy atom. The van der Waals surface area contributed by atoms with Crippen molar-refractivity contribution in [2.45, 2.75) is 25.4 Å². The van der Waals surface area contributed by atoms with E-state index in [0.717, 1.165) is 24.3 Å². The highest BCUT2D eigenvalue weighted by molar-refractivity contribution is 5.90. The van der Waals surface area contributed by atoms with Crippen LogP contribution in [0.3, 0.4) is 0 Å². The Hall–Kier alpha value is -2.34. The molecule has 0 saturated carbocycles. The molecule has 1 fully saturated rings. The molecule has 122 valence electrons. The van der Waals surface area contributed by atoms with Crippen LogP contribution >= 0.6 is 0 Å². The van der Waals surface area contributed by atoms with Gasteiger partial charge in [-0.3, -0.25) is 9.69 Å². The fraction of sp³-hybridized carbons (Fsp3) is 0.412. The molecule has 3 rings (SSSR count). The number of nitrogens with two attached hydrogens (primary N) is 1. The van der Waals surface area contributed by atoms with E-state index in [4.69, 9.17) is 15.2 Å². The maximum atomic E-state index is 12.0. The Morgan fingerprint density at radius 3 is 2.74 bits per heavy atom. The number of nitrogens with zero attached hydrogens (tertiary/aromatic N) is 1. The number of hydrogen-bond donors (Lipinski definition) is 1. The van der Waals surface area contributed by atoms with Crippen LogP contribution in [0.4, 0.5) is 10.5 Å². The highest BCUT2D eigenvalue weighted by Crippen LogP contribution is 2.27. The summed E-state index contributed by atoms with van der Waals surface area (Å²) < 4.78 is 10.6. The number of primary amides is 1. The van der Waals surface area contributed by atoms with E-state index in [-0.39, 0.29) is 24.5 Å². The highest BCUT2D eigenvalue weighted by atomic mass is 16.6. The first-order chi connectivity index (χ1) is 11.1. The van der Waals surface area contributed by atoms with Crippen LogP contribution in [-0.2, 0) is 14.3 Å². The zero-order chi connectivity index (χ0) is 16.2. The molecular formula is C17H20N2O4. The van der Waals surface area contributed by atoms with E-state index in [1.165, 1.54) is 5.57 Å². The first-order valence-electron chi connectivity index (χ1n) is 7.77. The number of benzene rings is 1. The smallest absolute Gasteiger partial charge is 0.414 e. The van der Waals surface area contributed by atoms with Gasteiger partial charge in [-0.25, -0.2) is 4.79 Å². The molecule has 0 aromatic heterocycles. The second kappa shape index (κ2) is 6.83. The van der Waals surface area contributed by atoms with Gasteiger partial charge in [0.15, 0.2) is 0 Å². The molecule has 2 heterocycles. The Morgan fingerprint density at radius 2 is 2.09 bits per heavy atom. The van der Waals surface area contributed by atoms with Crippen molar-refractivity contribution in [3.8, 4) is 0 Å². The van der Waals surface area contributed by atoms with Crippen LogP contribution in [0.2, 0.25) is 0 Å². The zero-order valence-corrected chi connectivity index (χ0v) is 12.9. The second-order valence-corrected chi connectivity index (χ2v) is 5.72. The largest absolute Gasteiger partial charge is 0.444 e. The van der Waals surface area contributed by atoms with Crippen molar-refractivity contribution >= 4 is 23.3 Å². The molecule has 6 nitrogen and oxygen atoms in total. The van der Waals surface area contributed by atoms with Crippen LogP contribution in [0, 0.1) is 0 Å². The fourth-order valence-corrected chi connectivity index (χ4v) is 2.83. The van der Waals surface area contributed by atoms with Gasteiger partial charge in [-0.2, -0.15) is 0 Å². The van der Waals surface area contributed by atoms with E-state index in [2.05, 4.69) is 6.08 Å². The third-order valence-electron chi connectivity index (χ3n) is 4.10. The van der Waals surface area contributed by atoms with Crippen molar-refractivity contribution in [3.63, 3.8) is 0 Å². The molecule has 2 aliphatic heterocycles. The standard InChI is InChI=1S/C17H20N2O4/c18-16(20)6-5-15-11-19(17(21)23-15)14-3-1-12(2-4-14)13-7-9-22-10-8-13/h1-4,7,15H,5-6,8-11H2,(H2,18,20). The third-order valence-corrected chi connectivity index (χ3v) is 4.10. The van der Waals surface area contributed by atoms with Gasteiger partial charge in [-0.1, -0.05) is 18.2 Å². The van der Waals surface area contributed by atoms with Gasteiger partial charge >= 0.3 is 6.09 Å². The lowest BCUT2D eigenvalue weighted by molar-refractivity contribution is -0.118. The molecule has 23 heavy (non-hydrogen) atoms. The van der Waals surface area contributed by atoms with Crippen LogP contribution in [0.5, 0.6) is 0 Å². The number of ether oxygens (including phenoxy) is 2. The van der Waals surface area contributed by atoms with Crippen molar-refractivity contribution in [1.82, 2.24) is 0 Å². The Kier molecular flexibility index (Phi) is 4.62. The lowest BCUT2D eigenvalue weighted by Crippen LogP contribution is -2.24. The van der Waals surface area contributed by atoms with Gasteiger partial charge in [0.05, 0.1) is 19.8 Å². The van der Waals surface area contributed by atoms with Gasteiger partial charge in [0.2, 0.25) is 5.91 Å². The SMILES string of the molecule is NC(=O)CCC1CN(c2ccc(C3=CCOCC3)cc2)C(=O)O1. The van der Waals surface area contributed by atoms with Gasteiger partial charge in [-0.05, 0) is 36.1 Å². The summed E-state index contributed by atoms with van der Waals surface area (Å²) in [5, 5.41) is 0. The van der Waals surface area contributed by atoms with E-state index in [1.807, 2.05) is 24.3 Å². The van der Waals surface area contributed by atoms with E-state index in [1.54, 1.807) is 4.90 Å². The van der Waals surface area contributed by atoms with E-state index in [0.29, 0.717) is 19.6 Å². The zero-order valence-electron chi connectivity index (χ0n) is 12.9. The summed E-state index contributed by atoms with van der Waals surface area (Å²) in [5.74, 6) is -0.381. The molecule has 1 aromatic carbocycles. The van der Waals surface area contributed by atoms with Crippen molar-refractivity contribution in [2.75, 3.05) is 24.7 Å². The predicted molar refractivity (Wildman–Crippen MR) is 85.9 cm³/mol. The number of amides is 2. The number of cyclic esters (lactones) is 1. The summed E-state index contributed by atoms with van der Waals surface area (Å²) in [6.45, 7) is 1.84. The average Bonchev–Trinajstić information content (AvgIpc) is 2.95. The van der Waals surface area contributed by atoms with Gasteiger partial charge in [0, 0.05) is 12.1 Å². The summed E-state index contributed by atoms with van der Waals surface area (Å²) in [7, 11) is 0. The molecule has 0 radical (unpaired) electrons. The summed E-state index contributed by atoms with van der Waals surface area (Å²) >= 11 is 0. The van der Waals surface area contributed by atoms with Crippen molar-refractivity contribution in [3.05, 3.63) is 35.9 Å². The summed E-state index contributed by atoms with van der Waals surface area (Å²) in [5.41, 5.74) is 8.35. The molecule has 2 amide bonds. The molecule has 6 heteroatoms. The molecule has 0 aliphatic carbocycles. The Labute approximate surface area is 134 Å². The number of hydrogen-bond acceptors (Lipinski definition) is 4. The Bertz CT molecular complexity index is 624. The van der Waals surface area contributed by atoms with Crippen molar-refractivity contribution < 1.29 is 19.1 Å². The van der Waals surface area contributed by atoms with Crippen LogP contribution in [0.1, 0.15) is 24.8 Å². The van der Waals surface area contributed by atoms with E-state index in [9.17, 15) is 9.59 Å². The van der Waals surface area contributed by atoms with Crippen molar-refractivity contribution in [2.24, 2.45) is 5.73 Å². The summed E-state index contributed by atoms with van der Waals surface area (Å²) in [6.07, 6.45) is 3.01. The molecule has 1 aromatic rings. The minimum Gasteiger partial charge on any atom is -0.444 e. The van der Waals surface area contributed by atoms with E-state index >= 15 is 0 Å². The Balaban J connectivity index is 1.66. The molecule has 1 unspecified atom stereocenters. The maximum absolute atomic E-state index is 12.0. The predicted octanol–water partition coefficient (Wildman–Crippen LogP) is 2.08. The van der Waals surface area contributed by atoms with Gasteiger partial charge < -0.3 is 15.2 Å². The number of carbonyl (C=O) groups is 2. The minimum atomic E-state index is -0.381. The minimum absolute atomic E-state index is 0.223. The lowest BCUT2D eigenvalue weighted by Gasteiger charge is -2.16. The first-order valence-corrected chi connectivity index (χ1v) is 7.77. The molecular weight excluding hydrogens is 296 g/mol. The monoisotopic (exact) mass is 316 g/mol. The van der Waals surface area contributed by atoms with Gasteiger partial charge in [0.25, 0.3) is 0 Å². The quantitative estimate of drug-likeness (QED) is 0.901. The molecule has 1 atom stereocenters. The fourth-order valence-electron chi connectivity index (χ4n) is 2.83. The number of anilines is 1. The number of rotatable bonds is 5. The molecule has 0 spiro atoms. The van der Waals surface area contributed by atoms with Crippen LogP contribution in [-0.4, -0.2) is 37.9 Å².